The molecule has 4 amide bonds. The van der Waals surface area contributed by atoms with Gasteiger partial charge in [0.15, 0.2) is 10.8 Å². The zero-order valence-corrected chi connectivity index (χ0v) is 21.6. The molecule has 1 aliphatic heterocycles. The molecule has 1 fully saturated rings. The second-order valence-corrected chi connectivity index (χ2v) is 9.39. The van der Waals surface area contributed by atoms with Gasteiger partial charge in [0.05, 0.1) is 13.7 Å². The summed E-state index contributed by atoms with van der Waals surface area (Å²) in [5.74, 6) is -1.53. The van der Waals surface area contributed by atoms with Crippen LogP contribution < -0.4 is 15.4 Å². The van der Waals surface area contributed by atoms with E-state index in [4.69, 9.17) is 9.84 Å². The van der Waals surface area contributed by atoms with Crippen LogP contribution in [0.2, 0.25) is 0 Å². The number of nitrogens with one attached hydrogen (secondary N) is 2. The van der Waals surface area contributed by atoms with Gasteiger partial charge in [0, 0.05) is 11.8 Å². The van der Waals surface area contributed by atoms with Gasteiger partial charge in [-0.05, 0) is 23.3 Å². The maximum atomic E-state index is 13.5. The van der Waals surface area contributed by atoms with Gasteiger partial charge in [0.25, 0.3) is 5.91 Å². The van der Waals surface area contributed by atoms with E-state index in [-0.39, 0.29) is 23.9 Å². The summed E-state index contributed by atoms with van der Waals surface area (Å²) < 4.78 is 10.0. The first-order valence-electron chi connectivity index (χ1n) is 11.8. The Hall–Kier alpha value is -4.33. The molecule has 0 spiro atoms. The number of thiazole rings is 1. The summed E-state index contributed by atoms with van der Waals surface area (Å²) in [6.45, 7) is -0.553. The minimum Gasteiger partial charge on any atom is -0.491 e. The van der Waals surface area contributed by atoms with Crippen LogP contribution in [-0.2, 0) is 20.7 Å². The van der Waals surface area contributed by atoms with Crippen LogP contribution in [0.1, 0.15) is 27.7 Å². The molecule has 4 rings (SSSR count). The Morgan fingerprint density at radius 1 is 1.15 bits per heavy atom. The number of hydrogen-bond acceptors (Lipinski definition) is 10. The van der Waals surface area contributed by atoms with Crippen molar-refractivity contribution >= 4 is 40.3 Å². The molecule has 3 atom stereocenters. The molecule has 4 N–H and O–H groups in total. The molecule has 12 nitrogen and oxygen atoms in total. The number of aromatic nitrogens is 1. The number of nitrogens with zero attached hydrogens (tertiary/aromatic N) is 2. The first kappa shape index (κ1) is 27.7. The minimum atomic E-state index is -1.21. The van der Waals surface area contributed by atoms with Crippen molar-refractivity contribution in [2.75, 3.05) is 25.6 Å². The molecule has 204 valence electrons. The predicted molar refractivity (Wildman–Crippen MR) is 139 cm³/mol. The molecule has 2 heterocycles. The highest BCUT2D eigenvalue weighted by molar-refractivity contribution is 7.14. The number of imide groups is 1. The van der Waals surface area contributed by atoms with Crippen molar-refractivity contribution in [3.63, 3.8) is 0 Å². The minimum absolute atomic E-state index is 0.0192. The van der Waals surface area contributed by atoms with Crippen LogP contribution in [-0.4, -0.2) is 76.4 Å². The van der Waals surface area contributed by atoms with Crippen LogP contribution in [0.15, 0.2) is 60.0 Å². The summed E-state index contributed by atoms with van der Waals surface area (Å²) in [7, 11) is 1.21. The van der Waals surface area contributed by atoms with Crippen molar-refractivity contribution in [3.05, 3.63) is 76.8 Å². The van der Waals surface area contributed by atoms with Gasteiger partial charge in [-0.15, -0.1) is 11.3 Å². The molecule has 1 aromatic heterocycles. The lowest BCUT2D eigenvalue weighted by atomic mass is 10.0. The van der Waals surface area contributed by atoms with Gasteiger partial charge in [-0.2, -0.15) is 0 Å². The Morgan fingerprint density at radius 2 is 1.87 bits per heavy atom. The van der Waals surface area contributed by atoms with Gasteiger partial charge in [0.2, 0.25) is 5.91 Å². The first-order chi connectivity index (χ1) is 18.8. The number of methoxy groups -OCH3 is 1. The molecule has 39 heavy (non-hydrogen) atoms. The van der Waals surface area contributed by atoms with Crippen molar-refractivity contribution in [3.8, 4) is 5.75 Å². The van der Waals surface area contributed by atoms with E-state index < -0.39 is 48.6 Å². The summed E-state index contributed by atoms with van der Waals surface area (Å²) in [6, 6.07) is 12.3. The fourth-order valence-corrected chi connectivity index (χ4v) is 4.56. The van der Waals surface area contributed by atoms with E-state index in [1.807, 2.05) is 6.07 Å². The average molecular weight is 555 g/mol. The fourth-order valence-electron chi connectivity index (χ4n) is 3.87. The monoisotopic (exact) mass is 554 g/mol. The Balaban J connectivity index is 1.54. The zero-order valence-electron chi connectivity index (χ0n) is 20.8. The fraction of sp³-hybridized carbons (Fsp3) is 0.269. The molecule has 2 aromatic carbocycles. The smallest absolute Gasteiger partial charge is 0.357 e. The predicted octanol–water partition coefficient (Wildman–Crippen LogP) is 1.50. The number of carbonyl (C=O) groups is 4. The Kier molecular flexibility index (Phi) is 8.86. The van der Waals surface area contributed by atoms with E-state index in [1.165, 1.54) is 12.5 Å². The number of ether oxygens (including phenoxy) is 2. The Bertz CT molecular complexity index is 1330. The summed E-state index contributed by atoms with van der Waals surface area (Å²) in [5.41, 5.74) is 1.21. The highest BCUT2D eigenvalue weighted by Gasteiger charge is 2.45. The molecule has 3 unspecified atom stereocenters. The number of esters is 1. The topological polar surface area (TPSA) is 167 Å². The number of amides is 4. The SMILES string of the molecule is COC(=O)c1csc(NC(=O)C(Cc2ccccc2)N2C(=O)NC(c3ccc(OCC(O)CO)cc3)C2=O)n1. The van der Waals surface area contributed by atoms with Gasteiger partial charge in [-0.3, -0.25) is 9.59 Å². The summed E-state index contributed by atoms with van der Waals surface area (Å²) in [5, 5.41) is 25.1. The summed E-state index contributed by atoms with van der Waals surface area (Å²) in [4.78, 5) is 56.6. The number of urea groups is 1. The standard InChI is InChI=1S/C26H26N4O8S/c1-37-24(35)19-14-39-25(27-19)29-22(33)20(11-15-5-3-2-4-6-15)30-23(34)21(28-26(30)36)16-7-9-18(10-8-16)38-13-17(32)12-31/h2-10,14,17,20-21,31-32H,11-13H2,1H3,(H,28,36)(H,27,29,33). The summed E-state index contributed by atoms with van der Waals surface area (Å²) in [6.07, 6.45) is -0.980. The van der Waals surface area contributed by atoms with E-state index in [0.717, 1.165) is 21.8 Å². The molecule has 0 bridgehead atoms. The van der Waals surface area contributed by atoms with Gasteiger partial charge in [0.1, 0.15) is 30.5 Å². The number of rotatable bonds is 11. The van der Waals surface area contributed by atoms with Gasteiger partial charge in [-0.1, -0.05) is 42.5 Å². The Morgan fingerprint density at radius 3 is 2.54 bits per heavy atom. The number of aliphatic hydroxyl groups is 2. The van der Waals surface area contributed by atoms with Crippen molar-refractivity contribution < 1.29 is 38.9 Å². The highest BCUT2D eigenvalue weighted by atomic mass is 32.1. The maximum absolute atomic E-state index is 13.5. The molecule has 1 aliphatic rings. The molecule has 0 saturated carbocycles. The van der Waals surface area contributed by atoms with Crippen LogP contribution in [0.4, 0.5) is 9.93 Å². The van der Waals surface area contributed by atoms with Gasteiger partial charge >= 0.3 is 12.0 Å². The number of anilines is 1. The van der Waals surface area contributed by atoms with Crippen LogP contribution in [0, 0.1) is 0 Å². The first-order valence-corrected chi connectivity index (χ1v) is 12.7. The third-order valence-corrected chi connectivity index (χ3v) is 6.61. The van der Waals surface area contributed by atoms with E-state index in [1.54, 1.807) is 48.5 Å². The van der Waals surface area contributed by atoms with Crippen LogP contribution in [0.3, 0.4) is 0 Å². The van der Waals surface area contributed by atoms with E-state index in [0.29, 0.717) is 11.3 Å². The number of hydrogen-bond donors (Lipinski definition) is 4. The van der Waals surface area contributed by atoms with Crippen LogP contribution in [0.25, 0.3) is 0 Å². The molecular formula is C26H26N4O8S. The lowest BCUT2D eigenvalue weighted by Crippen LogP contribution is -2.49. The second-order valence-electron chi connectivity index (χ2n) is 8.53. The van der Waals surface area contributed by atoms with Crippen molar-refractivity contribution in [1.82, 2.24) is 15.2 Å². The van der Waals surface area contributed by atoms with Crippen LogP contribution >= 0.6 is 11.3 Å². The zero-order chi connectivity index (χ0) is 27.9. The molecular weight excluding hydrogens is 528 g/mol. The van der Waals surface area contributed by atoms with E-state index in [9.17, 15) is 24.3 Å². The van der Waals surface area contributed by atoms with Crippen molar-refractivity contribution in [2.24, 2.45) is 0 Å². The molecule has 13 heteroatoms. The number of carbonyl (C=O) groups excluding carboxylic acids is 4. The third kappa shape index (κ3) is 6.57. The van der Waals surface area contributed by atoms with Gasteiger partial charge in [-0.25, -0.2) is 19.5 Å². The Labute approximate surface area is 227 Å². The number of aliphatic hydroxyl groups excluding tert-OH is 2. The average Bonchev–Trinajstić information content (AvgIpc) is 3.54. The summed E-state index contributed by atoms with van der Waals surface area (Å²) >= 11 is 1.01. The second kappa shape index (κ2) is 12.5. The van der Waals surface area contributed by atoms with Crippen LogP contribution in [0.5, 0.6) is 5.75 Å². The third-order valence-electron chi connectivity index (χ3n) is 5.85. The van der Waals surface area contributed by atoms with Crippen molar-refractivity contribution in [1.29, 1.82) is 0 Å². The largest absolute Gasteiger partial charge is 0.491 e. The quantitative estimate of drug-likeness (QED) is 0.203. The molecule has 0 radical (unpaired) electrons. The van der Waals surface area contributed by atoms with Gasteiger partial charge < -0.3 is 30.3 Å². The van der Waals surface area contributed by atoms with Crippen molar-refractivity contribution in [2.45, 2.75) is 24.6 Å². The number of benzene rings is 2. The molecule has 3 aromatic rings. The maximum Gasteiger partial charge on any atom is 0.357 e. The van der Waals surface area contributed by atoms with E-state index >= 15 is 0 Å². The highest BCUT2D eigenvalue weighted by Crippen LogP contribution is 2.27. The lowest BCUT2D eigenvalue weighted by Gasteiger charge is -2.24. The molecule has 0 aliphatic carbocycles. The molecule has 1 saturated heterocycles. The lowest BCUT2D eigenvalue weighted by molar-refractivity contribution is -0.134. The normalized spacial score (nSPS) is 16.4. The van der Waals surface area contributed by atoms with E-state index in [2.05, 4.69) is 20.4 Å².